The fraction of sp³-hybridized carbons (Fsp3) is 0.250. The first-order valence-electron chi connectivity index (χ1n) is 11.5. The quantitative estimate of drug-likeness (QED) is 0.290. The van der Waals surface area contributed by atoms with Crippen LogP contribution in [0.1, 0.15) is 24.3 Å². The molecule has 0 aliphatic carbocycles. The van der Waals surface area contributed by atoms with Crippen LogP contribution in [0, 0.1) is 0 Å². The number of alkyl halides is 1. The molecule has 4 N–H and O–H groups in total. The summed E-state index contributed by atoms with van der Waals surface area (Å²) in [6.45, 7) is 1.91. The van der Waals surface area contributed by atoms with Gasteiger partial charge >= 0.3 is 0 Å². The number of rotatable bonds is 9. The first-order chi connectivity index (χ1) is 18.1. The van der Waals surface area contributed by atoms with E-state index in [9.17, 15) is 23.6 Å². The molecule has 1 aromatic carbocycles. The molecular formula is C24H24FN9O4. The van der Waals surface area contributed by atoms with Crippen molar-refractivity contribution in [2.45, 2.75) is 32.6 Å². The van der Waals surface area contributed by atoms with Gasteiger partial charge in [-0.25, -0.2) is 4.39 Å². The number of nitrogens with two attached hydrogens (primary N) is 1. The van der Waals surface area contributed by atoms with Gasteiger partial charge in [-0.3, -0.25) is 28.8 Å². The number of aromatic amines is 1. The van der Waals surface area contributed by atoms with Gasteiger partial charge in [-0.2, -0.15) is 15.3 Å². The van der Waals surface area contributed by atoms with Crippen molar-refractivity contribution >= 4 is 34.4 Å². The molecule has 2 atom stereocenters. The van der Waals surface area contributed by atoms with Crippen LogP contribution < -0.4 is 16.6 Å². The first-order valence-corrected chi connectivity index (χ1v) is 11.5. The van der Waals surface area contributed by atoms with Gasteiger partial charge in [0.05, 0.1) is 36.8 Å². The van der Waals surface area contributed by atoms with Gasteiger partial charge in [-0.05, 0) is 37.6 Å². The van der Waals surface area contributed by atoms with Crippen molar-refractivity contribution in [2.75, 3.05) is 11.9 Å². The third-order valence-corrected chi connectivity index (χ3v) is 5.71. The maximum Gasteiger partial charge on any atom is 0.269 e. The van der Waals surface area contributed by atoms with E-state index < -0.39 is 42.0 Å². The molecule has 0 radical (unpaired) electrons. The molecular weight excluding hydrogens is 497 g/mol. The predicted molar refractivity (Wildman–Crippen MR) is 135 cm³/mol. The second-order valence-corrected chi connectivity index (χ2v) is 8.54. The van der Waals surface area contributed by atoms with E-state index in [0.29, 0.717) is 10.9 Å². The van der Waals surface area contributed by atoms with Gasteiger partial charge in [0.2, 0.25) is 11.8 Å². The first kappa shape index (κ1) is 26.1. The molecule has 3 aromatic heterocycles. The Balaban J connectivity index is 1.62. The predicted octanol–water partition coefficient (Wildman–Crippen LogP) is 0.889. The second kappa shape index (κ2) is 10.9. The molecule has 3 heterocycles. The molecule has 0 bridgehead atoms. The molecule has 0 fully saturated rings. The molecule has 14 heteroatoms. The number of carbonyl (C=O) groups is 3. The minimum Gasteiger partial charge on any atom is -0.364 e. The topological polar surface area (TPSA) is 182 Å². The summed E-state index contributed by atoms with van der Waals surface area (Å²) in [6, 6.07) is 5.77. The van der Waals surface area contributed by atoms with E-state index in [1.807, 2.05) is 0 Å². The molecule has 4 rings (SSSR count). The van der Waals surface area contributed by atoms with Crippen LogP contribution in [-0.2, 0) is 16.1 Å². The Morgan fingerprint density at radius 3 is 2.58 bits per heavy atom. The molecule has 0 saturated heterocycles. The van der Waals surface area contributed by atoms with E-state index in [1.54, 1.807) is 30.5 Å². The Labute approximate surface area is 214 Å². The molecule has 2 unspecified atom stereocenters. The maximum absolute atomic E-state index is 14.0. The van der Waals surface area contributed by atoms with Gasteiger partial charge in [0, 0.05) is 10.9 Å². The van der Waals surface area contributed by atoms with Crippen LogP contribution >= 0.6 is 0 Å². The van der Waals surface area contributed by atoms with E-state index in [-0.39, 0.29) is 18.1 Å². The zero-order valence-electron chi connectivity index (χ0n) is 20.5. The van der Waals surface area contributed by atoms with Crippen molar-refractivity contribution in [3.63, 3.8) is 0 Å². The smallest absolute Gasteiger partial charge is 0.269 e. The number of nitrogens with one attached hydrogen (secondary N) is 2. The summed E-state index contributed by atoms with van der Waals surface area (Å²) >= 11 is 0. The highest BCUT2D eigenvalue weighted by atomic mass is 19.1. The van der Waals surface area contributed by atoms with Crippen LogP contribution in [0.25, 0.3) is 22.0 Å². The number of hydrogen-bond donors (Lipinski definition) is 3. The van der Waals surface area contributed by atoms with Crippen LogP contribution in [0.4, 0.5) is 10.2 Å². The number of H-pyrrole nitrogens is 1. The van der Waals surface area contributed by atoms with Gasteiger partial charge in [-0.1, -0.05) is 6.07 Å². The van der Waals surface area contributed by atoms with Crippen molar-refractivity contribution in [1.29, 1.82) is 0 Å². The number of benzene rings is 1. The van der Waals surface area contributed by atoms with E-state index in [0.717, 1.165) is 22.2 Å². The van der Waals surface area contributed by atoms with Crippen LogP contribution in [-0.4, -0.2) is 71.3 Å². The van der Waals surface area contributed by atoms with Gasteiger partial charge in [0.15, 0.2) is 5.69 Å². The minimum absolute atomic E-state index is 0.0272. The Hall–Kier alpha value is -5.01. The van der Waals surface area contributed by atoms with E-state index >= 15 is 0 Å². The second-order valence-electron chi connectivity index (χ2n) is 8.54. The van der Waals surface area contributed by atoms with E-state index in [1.165, 1.54) is 30.9 Å². The third kappa shape index (κ3) is 5.69. The third-order valence-electron chi connectivity index (χ3n) is 5.71. The van der Waals surface area contributed by atoms with Crippen molar-refractivity contribution in [1.82, 2.24) is 34.8 Å². The van der Waals surface area contributed by atoms with Crippen molar-refractivity contribution < 1.29 is 18.8 Å². The number of fused-ring (bicyclic) bond motifs is 1. The number of amides is 3. The van der Waals surface area contributed by atoms with Crippen LogP contribution in [0.2, 0.25) is 0 Å². The number of primary amides is 1. The number of carbonyl (C=O) groups excluding carboxylic acids is 3. The zero-order valence-corrected chi connectivity index (χ0v) is 20.5. The summed E-state index contributed by atoms with van der Waals surface area (Å²) in [6.07, 6.45) is 3.90. The summed E-state index contributed by atoms with van der Waals surface area (Å²) in [7, 11) is 0. The number of anilines is 1. The Morgan fingerprint density at radius 2 is 1.92 bits per heavy atom. The lowest BCUT2D eigenvalue weighted by Gasteiger charge is -2.29. The molecule has 4 aromatic rings. The minimum atomic E-state index is -1.44. The van der Waals surface area contributed by atoms with Gasteiger partial charge < -0.3 is 20.9 Å². The van der Waals surface area contributed by atoms with Crippen molar-refractivity contribution in [2.24, 2.45) is 5.73 Å². The average Bonchev–Trinajstić information content (AvgIpc) is 3.25. The molecule has 0 aliphatic rings. The molecule has 196 valence electrons. The summed E-state index contributed by atoms with van der Waals surface area (Å²) in [5, 5.41) is 14.7. The van der Waals surface area contributed by atoms with Gasteiger partial charge in [0.25, 0.3) is 11.5 Å². The lowest BCUT2D eigenvalue weighted by molar-refractivity contribution is -0.139. The molecule has 0 saturated carbocycles. The van der Waals surface area contributed by atoms with E-state index in [2.05, 4.69) is 30.6 Å². The summed E-state index contributed by atoms with van der Waals surface area (Å²) in [5.41, 5.74) is 6.89. The van der Waals surface area contributed by atoms with Crippen LogP contribution in [0.3, 0.4) is 0 Å². The normalized spacial score (nSPS) is 12.6. The molecule has 3 amide bonds. The number of nitrogens with zero attached hydrogens (tertiary/aromatic N) is 6. The maximum atomic E-state index is 14.0. The number of aromatic nitrogens is 6. The molecule has 38 heavy (non-hydrogen) atoms. The zero-order chi connectivity index (χ0) is 27.4. The SMILES string of the molecule is CC(F)CN(C(=O)Cn1nc(C(N)=O)c2cc(-c3ccnnc3)ccc21)C(C)C(=O)Nc1cncc(=O)[nH]1. The van der Waals surface area contributed by atoms with Crippen LogP contribution in [0.15, 0.2) is 53.8 Å². The Bertz CT molecular complexity index is 1550. The fourth-order valence-corrected chi connectivity index (χ4v) is 3.91. The lowest BCUT2D eigenvalue weighted by Crippen LogP contribution is -2.49. The molecule has 0 spiro atoms. The highest BCUT2D eigenvalue weighted by Gasteiger charge is 2.29. The average molecular weight is 522 g/mol. The Kier molecular flexibility index (Phi) is 7.50. The fourth-order valence-electron chi connectivity index (χ4n) is 3.91. The highest BCUT2D eigenvalue weighted by molar-refractivity contribution is 6.05. The standard InChI is InChI=1S/C24H24FN9O4/c1-13(25)11-33(14(2)24(38)31-19-9-27-10-20(35)30-19)21(36)12-34-18-4-3-15(16-5-6-28-29-8-16)7-17(18)22(32-34)23(26)37/h3-10,13-14H,11-12H2,1-2H3,(H2,26,37)(H2,30,31,35,38). The number of halogens is 1. The summed E-state index contributed by atoms with van der Waals surface area (Å²) < 4.78 is 15.3. The van der Waals surface area contributed by atoms with Crippen LogP contribution in [0.5, 0.6) is 0 Å². The Morgan fingerprint density at radius 1 is 1.13 bits per heavy atom. The van der Waals surface area contributed by atoms with E-state index in [4.69, 9.17) is 5.73 Å². The molecule has 13 nitrogen and oxygen atoms in total. The van der Waals surface area contributed by atoms with Crippen molar-refractivity contribution in [3.8, 4) is 11.1 Å². The van der Waals surface area contributed by atoms with Gasteiger partial charge in [0.1, 0.15) is 24.6 Å². The van der Waals surface area contributed by atoms with Gasteiger partial charge in [-0.15, -0.1) is 0 Å². The monoisotopic (exact) mass is 521 g/mol. The highest BCUT2D eigenvalue weighted by Crippen LogP contribution is 2.26. The van der Waals surface area contributed by atoms with Crippen molar-refractivity contribution in [3.05, 3.63) is 65.1 Å². The number of hydrogen-bond acceptors (Lipinski definition) is 8. The lowest BCUT2D eigenvalue weighted by atomic mass is 10.0. The summed E-state index contributed by atoms with van der Waals surface area (Å²) in [5.74, 6) is -2.06. The summed E-state index contributed by atoms with van der Waals surface area (Å²) in [4.78, 5) is 56.9. The molecule has 0 aliphatic heterocycles. The largest absolute Gasteiger partial charge is 0.364 e.